The standard InChI is InChI=1S/C32H58N4O6/c1-27(2)15-21(16-28(3,4)33-27)40-24(37)36(25(38)41-22-17-29(5,6)34(13)30(7,8)18-22)26(39)42-23-19-31(9,10)35(14)32(11,12)20-23/h21-23,33H,15-20H2,1-14H3. The summed E-state index contributed by atoms with van der Waals surface area (Å²) in [4.78, 5) is 46.1. The second-order valence-electron chi connectivity index (χ2n) is 16.8. The maximum absolute atomic E-state index is 13.7. The van der Waals surface area contributed by atoms with E-state index in [0.717, 1.165) is 0 Å². The molecule has 3 fully saturated rings. The molecule has 0 spiro atoms. The topological polar surface area (TPSA) is 101 Å². The van der Waals surface area contributed by atoms with Crippen LogP contribution in [0.4, 0.5) is 14.4 Å². The van der Waals surface area contributed by atoms with Crippen molar-refractivity contribution in [2.75, 3.05) is 14.1 Å². The van der Waals surface area contributed by atoms with Gasteiger partial charge in [0.2, 0.25) is 0 Å². The molecule has 0 aromatic rings. The number of ether oxygens (including phenoxy) is 3. The van der Waals surface area contributed by atoms with Crippen LogP contribution in [0.15, 0.2) is 0 Å². The van der Waals surface area contributed by atoms with Gasteiger partial charge in [-0.25, -0.2) is 14.4 Å². The van der Waals surface area contributed by atoms with Crippen molar-refractivity contribution in [2.24, 2.45) is 0 Å². The lowest BCUT2D eigenvalue weighted by molar-refractivity contribution is -0.0804. The first-order valence-electron chi connectivity index (χ1n) is 15.5. The zero-order valence-electron chi connectivity index (χ0n) is 28.8. The molecule has 3 rings (SSSR count). The van der Waals surface area contributed by atoms with Crippen molar-refractivity contribution in [1.29, 1.82) is 0 Å². The zero-order chi connectivity index (χ0) is 32.3. The molecule has 3 saturated heterocycles. The minimum absolute atomic E-state index is 0.254. The van der Waals surface area contributed by atoms with Crippen LogP contribution in [0.5, 0.6) is 0 Å². The number of nitrogens with zero attached hydrogens (tertiary/aromatic N) is 3. The highest BCUT2D eigenvalue weighted by atomic mass is 16.6. The normalized spacial score (nSPS) is 27.6. The van der Waals surface area contributed by atoms with Crippen molar-refractivity contribution in [1.82, 2.24) is 20.0 Å². The lowest BCUT2D eigenvalue weighted by atomic mass is 9.79. The van der Waals surface area contributed by atoms with Gasteiger partial charge < -0.3 is 19.5 Å². The summed E-state index contributed by atoms with van der Waals surface area (Å²) in [6.45, 7) is 24.9. The van der Waals surface area contributed by atoms with Crippen LogP contribution in [0.1, 0.15) is 122 Å². The first kappa shape index (κ1) is 34.6. The number of hydrogen-bond acceptors (Lipinski definition) is 9. The van der Waals surface area contributed by atoms with Crippen LogP contribution in [0.3, 0.4) is 0 Å². The predicted molar refractivity (Wildman–Crippen MR) is 163 cm³/mol. The number of nitrogens with one attached hydrogen (secondary N) is 1. The van der Waals surface area contributed by atoms with Crippen LogP contribution < -0.4 is 5.32 Å². The Labute approximate surface area is 254 Å². The van der Waals surface area contributed by atoms with Crippen molar-refractivity contribution >= 4 is 18.3 Å². The molecule has 10 nitrogen and oxygen atoms in total. The Morgan fingerprint density at radius 3 is 1.02 bits per heavy atom. The van der Waals surface area contributed by atoms with Crippen LogP contribution >= 0.6 is 0 Å². The number of carbonyl (C=O) groups excluding carboxylic acids is 3. The first-order valence-corrected chi connectivity index (χ1v) is 15.5. The number of likely N-dealkylation sites (tertiary alicyclic amines) is 2. The van der Waals surface area contributed by atoms with Crippen molar-refractivity contribution in [3.63, 3.8) is 0 Å². The molecule has 0 saturated carbocycles. The molecule has 0 bridgehead atoms. The summed E-state index contributed by atoms with van der Waals surface area (Å²) in [5, 5.41) is 3.56. The number of imide groups is 3. The average Bonchev–Trinajstić information content (AvgIpc) is 2.72. The highest BCUT2D eigenvalue weighted by Gasteiger charge is 2.49. The van der Waals surface area contributed by atoms with E-state index in [1.54, 1.807) is 0 Å². The van der Waals surface area contributed by atoms with Gasteiger partial charge in [-0.05, 0) is 97.2 Å². The molecule has 1 N–H and O–H groups in total. The maximum atomic E-state index is 13.7. The lowest BCUT2D eigenvalue weighted by Gasteiger charge is -2.53. The predicted octanol–water partition coefficient (Wildman–Crippen LogP) is 6.31. The second kappa shape index (κ2) is 11.2. The van der Waals surface area contributed by atoms with E-state index < -0.39 is 36.6 Å². The van der Waals surface area contributed by atoms with Gasteiger partial charge in [0, 0.05) is 71.8 Å². The van der Waals surface area contributed by atoms with Gasteiger partial charge in [0.25, 0.3) is 0 Å². The van der Waals surface area contributed by atoms with Gasteiger partial charge >= 0.3 is 18.3 Å². The molecule has 0 aromatic heterocycles. The minimum Gasteiger partial charge on any atom is -0.445 e. The fourth-order valence-corrected chi connectivity index (χ4v) is 7.85. The van der Waals surface area contributed by atoms with E-state index in [-0.39, 0.29) is 33.2 Å². The van der Waals surface area contributed by atoms with Crippen molar-refractivity contribution in [3.8, 4) is 0 Å². The Bertz CT molecular complexity index is 942. The molecule has 10 heteroatoms. The van der Waals surface area contributed by atoms with Crippen molar-refractivity contribution < 1.29 is 28.6 Å². The Balaban J connectivity index is 1.85. The van der Waals surface area contributed by atoms with E-state index in [4.69, 9.17) is 14.2 Å². The molecule has 3 aliphatic rings. The summed E-state index contributed by atoms with van der Waals surface area (Å²) in [5.41, 5.74) is -1.61. The van der Waals surface area contributed by atoms with E-state index in [9.17, 15) is 14.4 Å². The highest BCUT2D eigenvalue weighted by molar-refractivity contribution is 6.04. The molecule has 242 valence electrons. The Morgan fingerprint density at radius 2 is 0.762 bits per heavy atom. The summed E-state index contributed by atoms with van der Waals surface area (Å²) >= 11 is 0. The lowest BCUT2D eigenvalue weighted by Crippen LogP contribution is -2.62. The van der Waals surface area contributed by atoms with Gasteiger partial charge in [0.15, 0.2) is 0 Å². The molecule has 3 heterocycles. The summed E-state index contributed by atoms with van der Waals surface area (Å²) < 4.78 is 17.7. The zero-order valence-corrected chi connectivity index (χ0v) is 28.8. The number of amides is 3. The van der Waals surface area contributed by atoms with Crippen LogP contribution in [0.25, 0.3) is 0 Å². The van der Waals surface area contributed by atoms with Crippen LogP contribution in [0.2, 0.25) is 0 Å². The average molecular weight is 595 g/mol. The smallest absolute Gasteiger partial charge is 0.429 e. The van der Waals surface area contributed by atoms with Gasteiger partial charge in [-0.2, -0.15) is 0 Å². The molecule has 0 aliphatic carbocycles. The molecule has 0 aromatic carbocycles. The quantitative estimate of drug-likeness (QED) is 0.377. The van der Waals surface area contributed by atoms with Crippen LogP contribution in [0, 0.1) is 0 Å². The fourth-order valence-electron chi connectivity index (χ4n) is 7.85. The van der Waals surface area contributed by atoms with Gasteiger partial charge in [-0.1, -0.05) is 0 Å². The Kier molecular flexibility index (Phi) is 9.24. The summed E-state index contributed by atoms with van der Waals surface area (Å²) in [6, 6.07) is 0. The number of hydrogen-bond donors (Lipinski definition) is 1. The number of piperidine rings is 3. The third-order valence-corrected chi connectivity index (χ3v) is 10.0. The summed E-state index contributed by atoms with van der Waals surface area (Å²) in [5.74, 6) is 0. The SMILES string of the molecule is CN1C(C)(C)CC(OC(=O)N(C(=O)OC2CC(C)(C)NC(C)(C)C2)C(=O)OC2CC(C)(C)N(C)C(C)(C)C2)CC1(C)C. The fraction of sp³-hybridized carbons (Fsp3) is 0.906. The molecule has 0 radical (unpaired) electrons. The molecule has 3 amide bonds. The van der Waals surface area contributed by atoms with Gasteiger partial charge in [-0.15, -0.1) is 4.90 Å². The van der Waals surface area contributed by atoms with Gasteiger partial charge in [-0.3, -0.25) is 9.80 Å². The Morgan fingerprint density at radius 1 is 0.524 bits per heavy atom. The molecular formula is C32H58N4O6. The largest absolute Gasteiger partial charge is 0.445 e. The van der Waals surface area contributed by atoms with Crippen LogP contribution in [-0.2, 0) is 14.2 Å². The second-order valence-corrected chi connectivity index (χ2v) is 16.8. The first-order chi connectivity index (χ1) is 18.8. The van der Waals surface area contributed by atoms with Crippen molar-refractivity contribution in [2.45, 2.75) is 173 Å². The number of rotatable bonds is 3. The highest BCUT2D eigenvalue weighted by Crippen LogP contribution is 2.40. The number of carbonyl (C=O) groups is 3. The van der Waals surface area contributed by atoms with E-state index in [1.807, 2.05) is 27.7 Å². The molecule has 0 atom stereocenters. The van der Waals surface area contributed by atoms with Gasteiger partial charge in [0.05, 0.1) is 0 Å². The van der Waals surface area contributed by atoms with E-state index in [0.29, 0.717) is 43.4 Å². The van der Waals surface area contributed by atoms with Crippen LogP contribution in [-0.4, -0.2) is 98.6 Å². The van der Waals surface area contributed by atoms with E-state index in [2.05, 4.69) is 84.6 Å². The third kappa shape index (κ3) is 7.78. The molecular weight excluding hydrogens is 536 g/mol. The summed E-state index contributed by atoms with van der Waals surface area (Å²) in [6.07, 6.45) is -1.31. The van der Waals surface area contributed by atoms with E-state index in [1.165, 1.54) is 0 Å². The monoisotopic (exact) mass is 594 g/mol. The molecule has 0 unspecified atom stereocenters. The van der Waals surface area contributed by atoms with Gasteiger partial charge in [0.1, 0.15) is 18.3 Å². The molecule has 42 heavy (non-hydrogen) atoms. The maximum Gasteiger partial charge on any atom is 0.429 e. The van der Waals surface area contributed by atoms with Crippen molar-refractivity contribution in [3.05, 3.63) is 0 Å². The summed E-state index contributed by atoms with van der Waals surface area (Å²) in [7, 11) is 4.12. The van der Waals surface area contributed by atoms with E-state index >= 15 is 0 Å². The Hall–Kier alpha value is -1.91. The molecule has 3 aliphatic heterocycles. The third-order valence-electron chi connectivity index (χ3n) is 10.0. The minimum atomic E-state index is -1.05.